The van der Waals surface area contributed by atoms with E-state index in [-0.39, 0.29) is 19.1 Å². The molecule has 0 aliphatic heterocycles. The molecule has 1 amide bonds. The van der Waals surface area contributed by atoms with Crippen molar-refractivity contribution in [2.24, 2.45) is 0 Å². The molecular formula is C52H98N2O6P+. The molecule has 0 radical (unpaired) electrons. The third-order valence-electron chi connectivity index (χ3n) is 11.0. The van der Waals surface area contributed by atoms with Crippen molar-refractivity contribution in [1.29, 1.82) is 0 Å². The van der Waals surface area contributed by atoms with Gasteiger partial charge in [0, 0.05) is 6.42 Å². The fraction of sp³-hybridized carbons (Fsp3) is 0.788. The number of aliphatic hydroxyl groups is 1. The Kier molecular flexibility index (Phi) is 42.2. The van der Waals surface area contributed by atoms with Crippen molar-refractivity contribution in [3.8, 4) is 0 Å². The highest BCUT2D eigenvalue weighted by Crippen LogP contribution is 2.43. The van der Waals surface area contributed by atoms with Gasteiger partial charge in [0.15, 0.2) is 0 Å². The Bertz CT molecular complexity index is 1180. The topological polar surface area (TPSA) is 105 Å². The number of rotatable bonds is 45. The van der Waals surface area contributed by atoms with Crippen LogP contribution in [0.15, 0.2) is 60.8 Å². The fourth-order valence-electron chi connectivity index (χ4n) is 7.03. The monoisotopic (exact) mass is 878 g/mol. The highest BCUT2D eigenvalue weighted by molar-refractivity contribution is 7.47. The number of unbranched alkanes of at least 4 members (excludes halogenated alkanes) is 24. The second-order valence-electron chi connectivity index (χ2n) is 18.2. The first-order valence-corrected chi connectivity index (χ1v) is 26.7. The lowest BCUT2D eigenvalue weighted by Gasteiger charge is -2.25. The van der Waals surface area contributed by atoms with Crippen molar-refractivity contribution < 1.29 is 32.9 Å². The van der Waals surface area contributed by atoms with Crippen LogP contribution in [0.1, 0.15) is 213 Å². The van der Waals surface area contributed by atoms with E-state index in [1.807, 2.05) is 27.2 Å². The second-order valence-corrected chi connectivity index (χ2v) is 19.6. The molecule has 0 heterocycles. The van der Waals surface area contributed by atoms with Gasteiger partial charge in [-0.05, 0) is 57.8 Å². The summed E-state index contributed by atoms with van der Waals surface area (Å²) in [6.45, 7) is 4.70. The number of amides is 1. The second kappa shape index (κ2) is 43.5. The van der Waals surface area contributed by atoms with Crippen LogP contribution in [0.25, 0.3) is 0 Å². The zero-order chi connectivity index (χ0) is 45.0. The summed E-state index contributed by atoms with van der Waals surface area (Å²) >= 11 is 0. The molecular weight excluding hydrogens is 780 g/mol. The van der Waals surface area contributed by atoms with Gasteiger partial charge >= 0.3 is 7.82 Å². The molecule has 8 nitrogen and oxygen atoms in total. The maximum Gasteiger partial charge on any atom is 0.472 e. The summed E-state index contributed by atoms with van der Waals surface area (Å²) in [4.78, 5) is 23.2. The summed E-state index contributed by atoms with van der Waals surface area (Å²) in [6.07, 6.45) is 57.2. The average Bonchev–Trinajstić information content (AvgIpc) is 3.21. The van der Waals surface area contributed by atoms with E-state index in [1.54, 1.807) is 6.08 Å². The first kappa shape index (κ1) is 59.2. The standard InChI is InChI=1S/C52H97N2O6P/c1-6-8-10-12-14-16-18-20-22-24-26-28-29-31-33-35-37-39-41-43-45-51(55)50(49-60-61(57,58)59-48-47-54(3,4)5)53-52(56)46-44-42-40-38-36-34-32-30-27-25-23-21-19-17-15-13-11-9-7-2/h9,11,15,17,21,23,27,30,43,45,50-51,55H,6-8,10,12-14,16,18-20,22,24-26,28-29,31-42,44,46-49H2,1-5H3,(H-,53,56,57,58)/p+1/b11-9-,17-15-,23-21-,30-27-,45-43+. The molecule has 356 valence electrons. The first-order chi connectivity index (χ1) is 29.5. The number of carbonyl (C=O) groups excluding carboxylic acids is 1. The van der Waals surface area contributed by atoms with E-state index in [4.69, 9.17) is 9.05 Å². The highest BCUT2D eigenvalue weighted by Gasteiger charge is 2.27. The van der Waals surface area contributed by atoms with Crippen LogP contribution in [0, 0.1) is 0 Å². The van der Waals surface area contributed by atoms with Crippen LogP contribution in [0.4, 0.5) is 0 Å². The first-order valence-electron chi connectivity index (χ1n) is 25.2. The van der Waals surface area contributed by atoms with E-state index in [0.29, 0.717) is 17.4 Å². The Morgan fingerprint density at radius 3 is 1.44 bits per heavy atom. The van der Waals surface area contributed by atoms with Crippen LogP contribution in [0.5, 0.6) is 0 Å². The summed E-state index contributed by atoms with van der Waals surface area (Å²) in [5, 5.41) is 13.9. The van der Waals surface area contributed by atoms with Crippen LogP contribution >= 0.6 is 7.82 Å². The minimum atomic E-state index is -4.35. The van der Waals surface area contributed by atoms with Crippen molar-refractivity contribution in [2.75, 3.05) is 40.9 Å². The Morgan fingerprint density at radius 1 is 0.574 bits per heavy atom. The normalized spacial score (nSPS) is 14.7. The van der Waals surface area contributed by atoms with E-state index in [0.717, 1.165) is 77.0 Å². The van der Waals surface area contributed by atoms with Crippen molar-refractivity contribution in [2.45, 2.75) is 225 Å². The smallest absolute Gasteiger partial charge is 0.387 e. The minimum absolute atomic E-state index is 0.0561. The number of likely N-dealkylation sites (N-methyl/N-ethyl adjacent to an activating group) is 1. The van der Waals surface area contributed by atoms with Gasteiger partial charge in [0.05, 0.1) is 39.9 Å². The third-order valence-corrected chi connectivity index (χ3v) is 12.0. The minimum Gasteiger partial charge on any atom is -0.387 e. The SMILES string of the molecule is CC/C=C\C/C=C\C/C=C\C/C=C\CCCCCCCCC(=O)NC(COP(=O)(O)OCC[N+](C)(C)C)C(O)/C=C/CCCCCCCCCCCCCCCCCCCC. The largest absolute Gasteiger partial charge is 0.472 e. The maximum absolute atomic E-state index is 12.9. The molecule has 61 heavy (non-hydrogen) atoms. The zero-order valence-corrected chi connectivity index (χ0v) is 41.3. The lowest BCUT2D eigenvalue weighted by Crippen LogP contribution is -2.45. The Labute approximate surface area is 377 Å². The number of carbonyl (C=O) groups is 1. The number of nitrogens with zero attached hydrogens (tertiary/aromatic N) is 1. The summed E-state index contributed by atoms with van der Waals surface area (Å²) < 4.78 is 23.6. The van der Waals surface area contributed by atoms with Gasteiger partial charge in [-0.25, -0.2) is 4.57 Å². The van der Waals surface area contributed by atoms with Gasteiger partial charge in [0.1, 0.15) is 13.2 Å². The molecule has 0 bridgehead atoms. The Morgan fingerprint density at radius 2 is 0.984 bits per heavy atom. The molecule has 0 aliphatic rings. The van der Waals surface area contributed by atoms with Gasteiger partial charge in [-0.3, -0.25) is 13.8 Å². The van der Waals surface area contributed by atoms with Crippen LogP contribution in [-0.2, 0) is 18.4 Å². The summed E-state index contributed by atoms with van der Waals surface area (Å²) in [5.74, 6) is -0.192. The van der Waals surface area contributed by atoms with Crippen LogP contribution in [-0.4, -0.2) is 73.4 Å². The van der Waals surface area contributed by atoms with Crippen molar-refractivity contribution in [1.82, 2.24) is 5.32 Å². The number of allylic oxidation sites excluding steroid dienone is 9. The molecule has 0 aromatic heterocycles. The Hall–Kier alpha value is -1.80. The van der Waals surface area contributed by atoms with Gasteiger partial charge in [0.25, 0.3) is 0 Å². The van der Waals surface area contributed by atoms with E-state index >= 15 is 0 Å². The quantitative estimate of drug-likeness (QED) is 0.0244. The predicted molar refractivity (Wildman–Crippen MR) is 263 cm³/mol. The van der Waals surface area contributed by atoms with Gasteiger partial charge in [-0.15, -0.1) is 0 Å². The van der Waals surface area contributed by atoms with Crippen LogP contribution in [0.3, 0.4) is 0 Å². The molecule has 0 saturated heterocycles. The molecule has 0 saturated carbocycles. The number of nitrogens with one attached hydrogen (secondary N) is 1. The number of hydrogen-bond acceptors (Lipinski definition) is 5. The van der Waals surface area contributed by atoms with E-state index < -0.39 is 20.0 Å². The molecule has 3 atom stereocenters. The van der Waals surface area contributed by atoms with Crippen molar-refractivity contribution >= 4 is 13.7 Å². The van der Waals surface area contributed by atoms with Gasteiger partial charge in [0.2, 0.25) is 5.91 Å². The fourth-order valence-corrected chi connectivity index (χ4v) is 7.77. The number of phosphoric acid groups is 1. The van der Waals surface area contributed by atoms with Gasteiger partial charge in [-0.2, -0.15) is 0 Å². The van der Waals surface area contributed by atoms with Gasteiger partial charge < -0.3 is 19.8 Å². The summed E-state index contributed by atoms with van der Waals surface area (Å²) in [6, 6.07) is -0.857. The molecule has 3 N–H and O–H groups in total. The number of aliphatic hydroxyl groups excluding tert-OH is 1. The number of phosphoric ester groups is 1. The maximum atomic E-state index is 12.9. The number of quaternary nitrogens is 1. The molecule has 3 unspecified atom stereocenters. The third kappa shape index (κ3) is 46.0. The molecule has 0 aromatic carbocycles. The van der Waals surface area contributed by atoms with E-state index in [1.165, 1.54) is 116 Å². The van der Waals surface area contributed by atoms with Crippen molar-refractivity contribution in [3.05, 3.63) is 60.8 Å². The molecule has 0 aliphatic carbocycles. The highest BCUT2D eigenvalue weighted by atomic mass is 31.2. The summed E-state index contributed by atoms with van der Waals surface area (Å²) in [5.41, 5.74) is 0. The van der Waals surface area contributed by atoms with E-state index in [2.05, 4.69) is 67.8 Å². The average molecular weight is 878 g/mol. The van der Waals surface area contributed by atoms with Crippen molar-refractivity contribution in [3.63, 3.8) is 0 Å². The van der Waals surface area contributed by atoms with Crippen LogP contribution < -0.4 is 5.32 Å². The molecule has 0 spiro atoms. The molecule has 9 heteroatoms. The molecule has 0 fully saturated rings. The van der Waals surface area contributed by atoms with Gasteiger partial charge in [-0.1, -0.05) is 209 Å². The lowest BCUT2D eigenvalue weighted by atomic mass is 10.0. The van der Waals surface area contributed by atoms with Crippen LogP contribution in [0.2, 0.25) is 0 Å². The zero-order valence-electron chi connectivity index (χ0n) is 40.4. The lowest BCUT2D eigenvalue weighted by molar-refractivity contribution is -0.870. The molecule has 0 aromatic rings. The Balaban J connectivity index is 4.37. The predicted octanol–water partition coefficient (Wildman–Crippen LogP) is 14.6. The summed E-state index contributed by atoms with van der Waals surface area (Å²) in [7, 11) is 1.56. The van der Waals surface area contributed by atoms with E-state index in [9.17, 15) is 19.4 Å². The number of hydrogen-bond donors (Lipinski definition) is 3. The molecule has 0 rings (SSSR count).